The Morgan fingerprint density at radius 3 is 2.38 bits per heavy atom. The van der Waals surface area contributed by atoms with Crippen LogP contribution in [0.25, 0.3) is 0 Å². The van der Waals surface area contributed by atoms with Crippen LogP contribution in [0.5, 0.6) is 5.75 Å². The number of hydrogen-bond donors (Lipinski definition) is 1. The molecule has 0 fully saturated rings. The zero-order chi connectivity index (χ0) is 15.9. The van der Waals surface area contributed by atoms with Crippen LogP contribution >= 0.6 is 0 Å². The lowest BCUT2D eigenvalue weighted by Crippen LogP contribution is -2.33. The van der Waals surface area contributed by atoms with E-state index in [0.717, 1.165) is 5.56 Å². The molecular weight excluding hydrogens is 285 g/mol. The first kappa shape index (κ1) is 17.5. The maximum atomic E-state index is 12.5. The second-order valence-electron chi connectivity index (χ2n) is 4.56. The van der Waals surface area contributed by atoms with Crippen LogP contribution < -0.4 is 4.74 Å². The molecule has 3 nitrogen and oxygen atoms in total. The Bertz CT molecular complexity index is 429. The summed E-state index contributed by atoms with van der Waals surface area (Å²) in [6.07, 6.45) is -5.42. The van der Waals surface area contributed by atoms with Gasteiger partial charge in [0.2, 0.25) is 0 Å². The summed E-state index contributed by atoms with van der Waals surface area (Å²) < 4.78 is 47.9. The fourth-order valence-electron chi connectivity index (χ4n) is 1.80. The third kappa shape index (κ3) is 5.77. The van der Waals surface area contributed by atoms with Gasteiger partial charge in [0.05, 0.1) is 25.7 Å². The SMILES string of the molecule is C=C[C@H]([C@@H](O)CCOCc1ccc(OC)cc1)C(F)(F)F. The van der Waals surface area contributed by atoms with E-state index in [2.05, 4.69) is 6.58 Å². The zero-order valence-corrected chi connectivity index (χ0v) is 11.8. The van der Waals surface area contributed by atoms with Crippen molar-refractivity contribution in [2.24, 2.45) is 5.92 Å². The topological polar surface area (TPSA) is 38.7 Å². The molecule has 0 saturated carbocycles. The molecule has 0 aliphatic carbocycles. The number of halogens is 3. The van der Waals surface area contributed by atoms with Crippen molar-refractivity contribution >= 4 is 0 Å². The minimum absolute atomic E-state index is 0.0353. The Balaban J connectivity index is 2.34. The number of aliphatic hydroxyl groups excluding tert-OH is 1. The number of ether oxygens (including phenoxy) is 2. The van der Waals surface area contributed by atoms with Crippen molar-refractivity contribution in [1.82, 2.24) is 0 Å². The van der Waals surface area contributed by atoms with Gasteiger partial charge in [0.25, 0.3) is 0 Å². The van der Waals surface area contributed by atoms with E-state index in [9.17, 15) is 18.3 Å². The first-order valence-electron chi connectivity index (χ1n) is 6.46. The van der Waals surface area contributed by atoms with E-state index >= 15 is 0 Å². The van der Waals surface area contributed by atoms with Gasteiger partial charge in [-0.1, -0.05) is 18.2 Å². The Hall–Kier alpha value is -1.53. The highest BCUT2D eigenvalue weighted by molar-refractivity contribution is 5.26. The van der Waals surface area contributed by atoms with Crippen molar-refractivity contribution in [1.29, 1.82) is 0 Å². The summed E-state index contributed by atoms with van der Waals surface area (Å²) in [6, 6.07) is 7.14. The average molecular weight is 304 g/mol. The summed E-state index contributed by atoms with van der Waals surface area (Å²) >= 11 is 0. The van der Waals surface area contributed by atoms with E-state index < -0.39 is 18.2 Å². The second kappa shape index (κ2) is 8.05. The lowest BCUT2D eigenvalue weighted by Gasteiger charge is -2.22. The van der Waals surface area contributed by atoms with Crippen LogP contribution in [-0.2, 0) is 11.3 Å². The van der Waals surface area contributed by atoms with Gasteiger partial charge in [-0.05, 0) is 24.1 Å². The molecule has 0 heterocycles. The predicted octanol–water partition coefficient (Wildman–Crippen LogP) is 3.33. The Morgan fingerprint density at radius 2 is 1.90 bits per heavy atom. The quantitative estimate of drug-likeness (QED) is 0.591. The maximum absolute atomic E-state index is 12.5. The van der Waals surface area contributed by atoms with Crippen LogP contribution in [0.4, 0.5) is 13.2 Å². The summed E-state index contributed by atoms with van der Waals surface area (Å²) in [6.45, 7) is 3.41. The van der Waals surface area contributed by atoms with Crippen LogP contribution in [0, 0.1) is 5.92 Å². The average Bonchev–Trinajstić information content (AvgIpc) is 2.43. The fraction of sp³-hybridized carbons (Fsp3) is 0.467. The van der Waals surface area contributed by atoms with Crippen molar-refractivity contribution in [3.8, 4) is 5.75 Å². The number of aliphatic hydroxyl groups is 1. The number of methoxy groups -OCH3 is 1. The van der Waals surface area contributed by atoms with Gasteiger partial charge >= 0.3 is 6.18 Å². The molecule has 0 saturated heterocycles. The van der Waals surface area contributed by atoms with Crippen LogP contribution in [0.15, 0.2) is 36.9 Å². The van der Waals surface area contributed by atoms with Crippen molar-refractivity contribution in [3.63, 3.8) is 0 Å². The van der Waals surface area contributed by atoms with Crippen LogP contribution in [0.3, 0.4) is 0 Å². The fourth-order valence-corrected chi connectivity index (χ4v) is 1.80. The minimum atomic E-state index is -4.49. The number of rotatable bonds is 8. The highest BCUT2D eigenvalue weighted by Gasteiger charge is 2.41. The zero-order valence-electron chi connectivity index (χ0n) is 11.8. The van der Waals surface area contributed by atoms with E-state index in [4.69, 9.17) is 9.47 Å². The molecule has 0 aromatic heterocycles. The van der Waals surface area contributed by atoms with Gasteiger partial charge < -0.3 is 14.6 Å². The Morgan fingerprint density at radius 1 is 1.29 bits per heavy atom. The van der Waals surface area contributed by atoms with E-state index in [1.807, 2.05) is 0 Å². The second-order valence-corrected chi connectivity index (χ2v) is 4.56. The molecule has 0 aliphatic heterocycles. The van der Waals surface area contributed by atoms with Crippen molar-refractivity contribution in [2.45, 2.75) is 25.3 Å². The molecule has 0 amide bonds. The molecule has 2 atom stereocenters. The van der Waals surface area contributed by atoms with E-state index in [1.165, 1.54) is 0 Å². The monoisotopic (exact) mass is 304 g/mol. The van der Waals surface area contributed by atoms with E-state index in [-0.39, 0.29) is 19.6 Å². The van der Waals surface area contributed by atoms with Crippen molar-refractivity contribution < 1.29 is 27.8 Å². The first-order valence-corrected chi connectivity index (χ1v) is 6.46. The molecule has 0 spiro atoms. The molecule has 0 bridgehead atoms. The van der Waals surface area contributed by atoms with Gasteiger partial charge in [-0.3, -0.25) is 0 Å². The van der Waals surface area contributed by atoms with Crippen molar-refractivity contribution in [3.05, 3.63) is 42.5 Å². The summed E-state index contributed by atoms with van der Waals surface area (Å²) in [5.41, 5.74) is 0.876. The molecule has 1 N–H and O–H groups in total. The molecule has 21 heavy (non-hydrogen) atoms. The number of hydrogen-bond acceptors (Lipinski definition) is 3. The molecule has 0 unspecified atom stereocenters. The third-order valence-electron chi connectivity index (χ3n) is 3.03. The van der Waals surface area contributed by atoms with Gasteiger partial charge in [-0.25, -0.2) is 0 Å². The van der Waals surface area contributed by atoms with Crippen LogP contribution in [0.1, 0.15) is 12.0 Å². The number of benzene rings is 1. The third-order valence-corrected chi connectivity index (χ3v) is 3.03. The summed E-state index contributed by atoms with van der Waals surface area (Å²) in [5.74, 6) is -1.21. The lowest BCUT2D eigenvalue weighted by atomic mass is 10.00. The van der Waals surface area contributed by atoms with E-state index in [0.29, 0.717) is 11.8 Å². The standard InChI is InChI=1S/C15H19F3O3/c1-3-13(15(16,17)18)14(19)8-9-21-10-11-4-6-12(20-2)7-5-11/h3-7,13-14,19H,1,8-10H2,2H3/t13-,14+/m1/s1. The van der Waals surface area contributed by atoms with Gasteiger partial charge in [0.1, 0.15) is 5.75 Å². The lowest BCUT2D eigenvalue weighted by molar-refractivity contribution is -0.186. The smallest absolute Gasteiger partial charge is 0.397 e. The molecule has 1 rings (SSSR count). The largest absolute Gasteiger partial charge is 0.497 e. The van der Waals surface area contributed by atoms with Gasteiger partial charge in [-0.15, -0.1) is 6.58 Å². The molecular formula is C15H19F3O3. The Labute approximate surface area is 122 Å². The predicted molar refractivity (Wildman–Crippen MR) is 73.0 cm³/mol. The molecule has 118 valence electrons. The normalized spacial score (nSPS) is 14.5. The van der Waals surface area contributed by atoms with Gasteiger partial charge in [0, 0.05) is 6.61 Å². The highest BCUT2D eigenvalue weighted by Crippen LogP contribution is 2.30. The van der Waals surface area contributed by atoms with Gasteiger partial charge in [0.15, 0.2) is 0 Å². The van der Waals surface area contributed by atoms with Gasteiger partial charge in [-0.2, -0.15) is 13.2 Å². The molecule has 1 aromatic rings. The maximum Gasteiger partial charge on any atom is 0.397 e. The number of alkyl halides is 3. The molecule has 0 radical (unpaired) electrons. The van der Waals surface area contributed by atoms with Crippen LogP contribution in [-0.4, -0.2) is 31.1 Å². The molecule has 6 heteroatoms. The summed E-state index contributed by atoms with van der Waals surface area (Å²) in [4.78, 5) is 0. The first-order chi connectivity index (χ1) is 9.88. The molecule has 0 aliphatic rings. The Kier molecular flexibility index (Phi) is 6.71. The molecule has 1 aromatic carbocycles. The summed E-state index contributed by atoms with van der Waals surface area (Å²) in [7, 11) is 1.56. The van der Waals surface area contributed by atoms with Crippen LogP contribution in [0.2, 0.25) is 0 Å². The highest BCUT2D eigenvalue weighted by atomic mass is 19.4. The van der Waals surface area contributed by atoms with Crippen molar-refractivity contribution in [2.75, 3.05) is 13.7 Å². The summed E-state index contributed by atoms with van der Waals surface area (Å²) in [5, 5.41) is 9.52. The van der Waals surface area contributed by atoms with E-state index in [1.54, 1.807) is 31.4 Å². The minimum Gasteiger partial charge on any atom is -0.497 e.